The summed E-state index contributed by atoms with van der Waals surface area (Å²) in [5.74, 6) is 4.36. The summed E-state index contributed by atoms with van der Waals surface area (Å²) in [6, 6.07) is 11.1. The average Bonchev–Trinajstić information content (AvgIpc) is 2.67. The Morgan fingerprint density at radius 2 is 2.00 bits per heavy atom. The molecule has 6 nitrogen and oxygen atoms in total. The number of aliphatic hydroxyl groups excluding tert-OH is 1. The molecule has 1 aromatic heterocycles. The second kappa shape index (κ2) is 8.19. The quantitative estimate of drug-likeness (QED) is 0.638. The number of terminal acetylenes is 1. The molecule has 0 spiro atoms. The summed E-state index contributed by atoms with van der Waals surface area (Å²) in [7, 11) is 0. The van der Waals surface area contributed by atoms with Crippen LogP contribution in [0.4, 0.5) is 11.5 Å². The van der Waals surface area contributed by atoms with Crippen molar-refractivity contribution in [2.45, 2.75) is 6.92 Å². The molecule has 0 atom stereocenters. The SMILES string of the molecule is C#Cc1cccc(Nc2ncnc3cc(OCCO)c(OCC)cc23)c1. The second-order valence-corrected chi connectivity index (χ2v) is 5.39. The van der Waals surface area contributed by atoms with Gasteiger partial charge in [0.25, 0.3) is 0 Å². The molecule has 26 heavy (non-hydrogen) atoms. The number of ether oxygens (including phenoxy) is 2. The van der Waals surface area contributed by atoms with Gasteiger partial charge in [-0.25, -0.2) is 9.97 Å². The maximum atomic E-state index is 9.00. The van der Waals surface area contributed by atoms with E-state index < -0.39 is 0 Å². The average molecular weight is 349 g/mol. The summed E-state index contributed by atoms with van der Waals surface area (Å²) in [4.78, 5) is 8.65. The fourth-order valence-electron chi connectivity index (χ4n) is 2.52. The lowest BCUT2D eigenvalue weighted by Crippen LogP contribution is -2.05. The minimum atomic E-state index is -0.0777. The van der Waals surface area contributed by atoms with Gasteiger partial charge < -0.3 is 19.9 Å². The number of nitrogens with one attached hydrogen (secondary N) is 1. The minimum absolute atomic E-state index is 0.0777. The van der Waals surface area contributed by atoms with Gasteiger partial charge >= 0.3 is 0 Å². The van der Waals surface area contributed by atoms with Crippen LogP contribution in [0.15, 0.2) is 42.7 Å². The highest BCUT2D eigenvalue weighted by Crippen LogP contribution is 2.35. The van der Waals surface area contributed by atoms with Crippen molar-refractivity contribution < 1.29 is 14.6 Å². The summed E-state index contributed by atoms with van der Waals surface area (Å²) < 4.78 is 11.2. The molecule has 0 aliphatic carbocycles. The van der Waals surface area contributed by atoms with E-state index in [0.717, 1.165) is 16.6 Å². The second-order valence-electron chi connectivity index (χ2n) is 5.39. The fourth-order valence-corrected chi connectivity index (χ4v) is 2.52. The van der Waals surface area contributed by atoms with Crippen LogP contribution in [0.3, 0.4) is 0 Å². The van der Waals surface area contributed by atoms with Gasteiger partial charge in [-0.15, -0.1) is 6.42 Å². The Morgan fingerprint density at radius 1 is 1.15 bits per heavy atom. The van der Waals surface area contributed by atoms with Gasteiger partial charge in [-0.3, -0.25) is 0 Å². The van der Waals surface area contributed by atoms with E-state index in [1.807, 2.05) is 37.3 Å². The van der Waals surface area contributed by atoms with Crippen LogP contribution < -0.4 is 14.8 Å². The molecule has 0 aliphatic rings. The summed E-state index contributed by atoms with van der Waals surface area (Å²) in [5, 5.41) is 13.1. The van der Waals surface area contributed by atoms with Crippen molar-refractivity contribution in [3.8, 4) is 23.8 Å². The van der Waals surface area contributed by atoms with Crippen LogP contribution in [0.2, 0.25) is 0 Å². The molecule has 0 unspecified atom stereocenters. The van der Waals surface area contributed by atoms with Crippen LogP contribution in [-0.4, -0.2) is 34.9 Å². The Morgan fingerprint density at radius 3 is 2.77 bits per heavy atom. The lowest BCUT2D eigenvalue weighted by molar-refractivity contribution is 0.194. The minimum Gasteiger partial charge on any atom is -0.490 e. The largest absolute Gasteiger partial charge is 0.490 e. The van der Waals surface area contributed by atoms with E-state index in [4.69, 9.17) is 21.0 Å². The summed E-state index contributed by atoms with van der Waals surface area (Å²) >= 11 is 0. The summed E-state index contributed by atoms with van der Waals surface area (Å²) in [6.45, 7) is 2.49. The number of nitrogens with zero attached hydrogens (tertiary/aromatic N) is 2. The zero-order valence-corrected chi connectivity index (χ0v) is 14.4. The van der Waals surface area contributed by atoms with Gasteiger partial charge in [0.2, 0.25) is 0 Å². The number of hydrogen-bond acceptors (Lipinski definition) is 6. The molecule has 3 rings (SSSR count). The number of aromatic nitrogens is 2. The van der Waals surface area contributed by atoms with E-state index in [9.17, 15) is 0 Å². The Balaban J connectivity index is 2.03. The highest BCUT2D eigenvalue weighted by Gasteiger charge is 2.12. The Bertz CT molecular complexity index is 951. The van der Waals surface area contributed by atoms with E-state index in [2.05, 4.69) is 21.2 Å². The molecule has 1 heterocycles. The molecular formula is C20H19N3O3. The summed E-state index contributed by atoms with van der Waals surface area (Å²) in [6.07, 6.45) is 6.94. The number of hydrogen-bond donors (Lipinski definition) is 2. The molecule has 2 N–H and O–H groups in total. The van der Waals surface area contributed by atoms with Crippen molar-refractivity contribution in [3.63, 3.8) is 0 Å². The van der Waals surface area contributed by atoms with Crippen LogP contribution >= 0.6 is 0 Å². The van der Waals surface area contributed by atoms with Crippen molar-refractivity contribution in [3.05, 3.63) is 48.3 Å². The molecule has 0 aliphatic heterocycles. The van der Waals surface area contributed by atoms with Gasteiger partial charge in [0, 0.05) is 22.7 Å². The van der Waals surface area contributed by atoms with Gasteiger partial charge in [-0.2, -0.15) is 0 Å². The van der Waals surface area contributed by atoms with E-state index in [-0.39, 0.29) is 13.2 Å². The number of anilines is 2. The van der Waals surface area contributed by atoms with Crippen molar-refractivity contribution in [2.75, 3.05) is 25.1 Å². The molecule has 0 fully saturated rings. The van der Waals surface area contributed by atoms with Crippen molar-refractivity contribution in [1.29, 1.82) is 0 Å². The van der Waals surface area contributed by atoms with Crippen LogP contribution in [0.25, 0.3) is 10.9 Å². The van der Waals surface area contributed by atoms with Crippen molar-refractivity contribution in [2.24, 2.45) is 0 Å². The van der Waals surface area contributed by atoms with Gasteiger partial charge in [0.05, 0.1) is 18.7 Å². The predicted molar refractivity (Wildman–Crippen MR) is 101 cm³/mol. The Labute approximate surface area is 151 Å². The third-order valence-electron chi connectivity index (χ3n) is 3.64. The number of rotatable bonds is 7. The maximum Gasteiger partial charge on any atom is 0.163 e. The molecule has 0 saturated heterocycles. The van der Waals surface area contributed by atoms with Crippen LogP contribution in [-0.2, 0) is 0 Å². The molecule has 0 amide bonds. The molecule has 0 saturated carbocycles. The first kappa shape index (κ1) is 17.5. The van der Waals surface area contributed by atoms with E-state index in [1.165, 1.54) is 6.33 Å². The molecule has 3 aromatic rings. The number of aliphatic hydroxyl groups is 1. The highest BCUT2D eigenvalue weighted by molar-refractivity contribution is 5.93. The van der Waals surface area contributed by atoms with Crippen LogP contribution in [0.5, 0.6) is 11.5 Å². The van der Waals surface area contributed by atoms with Crippen LogP contribution in [0.1, 0.15) is 12.5 Å². The van der Waals surface area contributed by atoms with Gasteiger partial charge in [0.1, 0.15) is 18.8 Å². The molecule has 2 aromatic carbocycles. The number of benzene rings is 2. The smallest absolute Gasteiger partial charge is 0.163 e. The van der Waals surface area contributed by atoms with Crippen molar-refractivity contribution >= 4 is 22.4 Å². The van der Waals surface area contributed by atoms with E-state index in [0.29, 0.717) is 29.4 Å². The monoisotopic (exact) mass is 349 g/mol. The predicted octanol–water partition coefficient (Wildman–Crippen LogP) is 3.12. The standard InChI is InChI=1S/C20H19N3O3/c1-3-14-6-5-7-15(10-14)23-20-16-11-18(25-4-2)19(26-9-8-24)12-17(16)21-13-22-20/h1,5-7,10-13,24H,4,8-9H2,2H3,(H,21,22,23). The highest BCUT2D eigenvalue weighted by atomic mass is 16.5. The summed E-state index contributed by atoms with van der Waals surface area (Å²) in [5.41, 5.74) is 2.31. The van der Waals surface area contributed by atoms with Gasteiger partial charge in [-0.05, 0) is 31.2 Å². The van der Waals surface area contributed by atoms with E-state index in [1.54, 1.807) is 6.07 Å². The zero-order chi connectivity index (χ0) is 18.4. The topological polar surface area (TPSA) is 76.5 Å². The lowest BCUT2D eigenvalue weighted by atomic mass is 10.2. The van der Waals surface area contributed by atoms with Gasteiger partial charge in [-0.1, -0.05) is 12.0 Å². The zero-order valence-electron chi connectivity index (χ0n) is 14.4. The van der Waals surface area contributed by atoms with Crippen molar-refractivity contribution in [1.82, 2.24) is 9.97 Å². The molecule has 0 radical (unpaired) electrons. The third kappa shape index (κ3) is 3.85. The first-order valence-corrected chi connectivity index (χ1v) is 8.24. The third-order valence-corrected chi connectivity index (χ3v) is 3.64. The van der Waals surface area contributed by atoms with E-state index >= 15 is 0 Å². The van der Waals surface area contributed by atoms with Crippen LogP contribution in [0, 0.1) is 12.3 Å². The Hall–Kier alpha value is -3.30. The molecule has 132 valence electrons. The molecular weight excluding hydrogens is 330 g/mol. The first-order valence-electron chi connectivity index (χ1n) is 8.24. The number of fused-ring (bicyclic) bond motifs is 1. The van der Waals surface area contributed by atoms with Gasteiger partial charge in [0.15, 0.2) is 11.5 Å². The normalized spacial score (nSPS) is 10.3. The maximum absolute atomic E-state index is 9.00. The molecule has 0 bridgehead atoms. The lowest BCUT2D eigenvalue weighted by Gasteiger charge is -2.14. The Kier molecular flexibility index (Phi) is 5.52. The fraction of sp³-hybridized carbons (Fsp3) is 0.200. The molecule has 6 heteroatoms. The first-order chi connectivity index (χ1) is 12.7.